The van der Waals surface area contributed by atoms with Crippen LogP contribution in [0.1, 0.15) is 58.0 Å². The number of rotatable bonds is 7. The molecule has 1 aliphatic rings. The Morgan fingerprint density at radius 1 is 1.33 bits per heavy atom. The minimum absolute atomic E-state index is 0.115. The van der Waals surface area contributed by atoms with Crippen molar-refractivity contribution in [3.05, 3.63) is 10.6 Å². The molecule has 1 aromatic rings. The Labute approximate surface area is 134 Å². The normalized spacial score (nSPS) is 15.8. The second kappa shape index (κ2) is 6.66. The lowest BCUT2D eigenvalue weighted by Gasteiger charge is -2.18. The molecule has 0 spiro atoms. The molecule has 0 aromatic carbocycles. The summed E-state index contributed by atoms with van der Waals surface area (Å²) >= 11 is 1.87. The summed E-state index contributed by atoms with van der Waals surface area (Å²) in [6.07, 6.45) is 2.79. The lowest BCUT2D eigenvalue weighted by atomic mass is 9.91. The lowest BCUT2D eigenvalue weighted by Crippen LogP contribution is -2.22. The van der Waals surface area contributed by atoms with E-state index in [1.165, 1.54) is 28.5 Å². The molecule has 1 aliphatic carbocycles. The second-order valence-electron chi connectivity index (χ2n) is 7.87. The Bertz CT molecular complexity index is 455. The first-order chi connectivity index (χ1) is 9.77. The van der Waals surface area contributed by atoms with E-state index in [-0.39, 0.29) is 5.41 Å². The lowest BCUT2D eigenvalue weighted by molar-refractivity contribution is 0.535. The maximum absolute atomic E-state index is 4.96. The highest BCUT2D eigenvalue weighted by molar-refractivity contribution is 7.15. The van der Waals surface area contributed by atoms with Crippen LogP contribution in [0.3, 0.4) is 0 Å². The summed E-state index contributed by atoms with van der Waals surface area (Å²) in [4.78, 5) is 8.72. The molecule has 3 nitrogen and oxygen atoms in total. The largest absolute Gasteiger partial charge is 0.351 e. The average Bonchev–Trinajstić information content (AvgIpc) is 3.04. The van der Waals surface area contributed by atoms with Crippen LogP contribution in [0, 0.1) is 11.8 Å². The maximum atomic E-state index is 4.96. The van der Waals surface area contributed by atoms with Crippen molar-refractivity contribution in [3.8, 4) is 0 Å². The molecule has 0 bridgehead atoms. The molecule has 0 amide bonds. The molecule has 1 fully saturated rings. The van der Waals surface area contributed by atoms with Crippen LogP contribution in [-0.2, 0) is 12.0 Å². The molecule has 21 heavy (non-hydrogen) atoms. The van der Waals surface area contributed by atoms with Gasteiger partial charge in [-0.25, -0.2) is 4.98 Å². The Morgan fingerprint density at radius 3 is 2.52 bits per heavy atom. The predicted molar refractivity (Wildman–Crippen MR) is 93.4 cm³/mol. The second-order valence-corrected chi connectivity index (χ2v) is 8.93. The molecule has 1 aromatic heterocycles. The van der Waals surface area contributed by atoms with Crippen LogP contribution in [0.5, 0.6) is 0 Å². The number of hydrogen-bond acceptors (Lipinski definition) is 4. The molecule has 1 heterocycles. The third-order valence-corrected chi connectivity index (χ3v) is 4.96. The minimum Gasteiger partial charge on any atom is -0.351 e. The van der Waals surface area contributed by atoms with Crippen molar-refractivity contribution in [3.63, 3.8) is 0 Å². The van der Waals surface area contributed by atoms with Gasteiger partial charge in [0.15, 0.2) is 5.13 Å². The first kappa shape index (κ1) is 16.8. The number of anilines is 1. The van der Waals surface area contributed by atoms with Gasteiger partial charge >= 0.3 is 0 Å². The number of aromatic nitrogens is 1. The predicted octanol–water partition coefficient (Wildman–Crippen LogP) is 4.03. The topological polar surface area (TPSA) is 28.2 Å². The van der Waals surface area contributed by atoms with Gasteiger partial charge in [0.1, 0.15) is 0 Å². The van der Waals surface area contributed by atoms with Gasteiger partial charge in [-0.05, 0) is 31.2 Å². The van der Waals surface area contributed by atoms with Gasteiger partial charge in [-0.15, -0.1) is 11.3 Å². The highest BCUT2D eigenvalue weighted by Gasteiger charge is 2.27. The van der Waals surface area contributed by atoms with Gasteiger partial charge in [0.05, 0.1) is 5.69 Å². The fourth-order valence-electron chi connectivity index (χ4n) is 2.45. The zero-order valence-electron chi connectivity index (χ0n) is 14.5. The molecule has 2 rings (SSSR count). The molecule has 0 aliphatic heterocycles. The summed E-state index contributed by atoms with van der Waals surface area (Å²) in [6.45, 7) is 14.5. The Morgan fingerprint density at radius 2 is 2.00 bits per heavy atom. The minimum atomic E-state index is 0.115. The van der Waals surface area contributed by atoms with Gasteiger partial charge in [-0.1, -0.05) is 34.6 Å². The van der Waals surface area contributed by atoms with E-state index >= 15 is 0 Å². The van der Waals surface area contributed by atoms with Crippen LogP contribution < -0.4 is 10.2 Å². The van der Waals surface area contributed by atoms with Crippen LogP contribution in [0.25, 0.3) is 0 Å². The molecule has 0 saturated heterocycles. The molecule has 0 atom stereocenters. The van der Waals surface area contributed by atoms with Crippen molar-refractivity contribution in [1.29, 1.82) is 0 Å². The van der Waals surface area contributed by atoms with E-state index in [0.29, 0.717) is 5.92 Å². The van der Waals surface area contributed by atoms with Gasteiger partial charge < -0.3 is 10.2 Å². The quantitative estimate of drug-likeness (QED) is 0.824. The van der Waals surface area contributed by atoms with Crippen molar-refractivity contribution in [1.82, 2.24) is 10.3 Å². The Balaban J connectivity index is 2.10. The highest BCUT2D eigenvalue weighted by atomic mass is 32.1. The van der Waals surface area contributed by atoms with E-state index in [1.807, 2.05) is 11.3 Å². The van der Waals surface area contributed by atoms with Gasteiger partial charge in [0.2, 0.25) is 0 Å². The van der Waals surface area contributed by atoms with E-state index in [4.69, 9.17) is 4.98 Å². The van der Waals surface area contributed by atoms with Crippen LogP contribution in [-0.4, -0.2) is 25.1 Å². The molecule has 1 N–H and O–H groups in total. The van der Waals surface area contributed by atoms with E-state index in [9.17, 15) is 0 Å². The molecule has 4 heteroatoms. The zero-order chi connectivity index (χ0) is 15.6. The van der Waals surface area contributed by atoms with E-state index in [2.05, 4.69) is 51.9 Å². The van der Waals surface area contributed by atoms with Gasteiger partial charge in [-0.3, -0.25) is 0 Å². The monoisotopic (exact) mass is 309 g/mol. The summed E-state index contributed by atoms with van der Waals surface area (Å²) in [5.41, 5.74) is 1.38. The van der Waals surface area contributed by atoms with E-state index in [0.717, 1.165) is 25.6 Å². The van der Waals surface area contributed by atoms with Crippen LogP contribution >= 0.6 is 11.3 Å². The summed E-state index contributed by atoms with van der Waals surface area (Å²) in [5.74, 6) is 1.59. The summed E-state index contributed by atoms with van der Waals surface area (Å²) < 4.78 is 0. The number of nitrogens with zero attached hydrogens (tertiary/aromatic N) is 2. The third kappa shape index (κ3) is 4.96. The van der Waals surface area contributed by atoms with Crippen LogP contribution in [0.15, 0.2) is 0 Å². The standard InChI is InChI=1S/C17H31N3S/c1-12(2)9-18-10-14-15(17(3,4)5)19-16(21-14)20(6)11-13-7-8-13/h12-13,18H,7-11H2,1-6H3. The zero-order valence-corrected chi connectivity index (χ0v) is 15.3. The Hall–Kier alpha value is -0.610. The van der Waals surface area contributed by atoms with E-state index in [1.54, 1.807) is 0 Å². The number of hydrogen-bond donors (Lipinski definition) is 1. The van der Waals surface area contributed by atoms with Crippen molar-refractivity contribution in [2.75, 3.05) is 25.0 Å². The van der Waals surface area contributed by atoms with E-state index < -0.39 is 0 Å². The first-order valence-electron chi connectivity index (χ1n) is 8.19. The van der Waals surface area contributed by atoms with Crippen LogP contribution in [0.2, 0.25) is 0 Å². The summed E-state index contributed by atoms with van der Waals surface area (Å²) in [5, 5.41) is 4.76. The number of nitrogens with one attached hydrogen (secondary N) is 1. The maximum Gasteiger partial charge on any atom is 0.185 e. The molecule has 0 radical (unpaired) electrons. The fourth-order valence-corrected chi connectivity index (χ4v) is 3.66. The fraction of sp³-hybridized carbons (Fsp3) is 0.824. The smallest absolute Gasteiger partial charge is 0.185 e. The third-order valence-electron chi connectivity index (χ3n) is 3.79. The summed E-state index contributed by atoms with van der Waals surface area (Å²) in [6, 6.07) is 0. The van der Waals surface area contributed by atoms with Crippen molar-refractivity contribution in [2.24, 2.45) is 11.8 Å². The molecular formula is C17H31N3S. The van der Waals surface area contributed by atoms with Gasteiger partial charge in [0, 0.05) is 30.4 Å². The average molecular weight is 310 g/mol. The number of thiazole rings is 1. The van der Waals surface area contributed by atoms with Crippen LogP contribution in [0.4, 0.5) is 5.13 Å². The van der Waals surface area contributed by atoms with Crippen molar-refractivity contribution < 1.29 is 0 Å². The molecule has 0 unspecified atom stereocenters. The highest BCUT2D eigenvalue weighted by Crippen LogP contribution is 2.36. The summed E-state index contributed by atoms with van der Waals surface area (Å²) in [7, 11) is 2.19. The van der Waals surface area contributed by atoms with Gasteiger partial charge in [0.25, 0.3) is 0 Å². The molecule has 1 saturated carbocycles. The Kier molecular flexibility index (Phi) is 5.31. The van der Waals surface area contributed by atoms with Crippen molar-refractivity contribution >= 4 is 16.5 Å². The SMILES string of the molecule is CC(C)CNCc1sc(N(C)CC2CC2)nc1C(C)(C)C. The molecular weight excluding hydrogens is 278 g/mol. The van der Waals surface area contributed by atoms with Gasteiger partial charge in [-0.2, -0.15) is 0 Å². The molecule has 120 valence electrons. The van der Waals surface area contributed by atoms with Crippen molar-refractivity contribution in [2.45, 2.75) is 59.4 Å². The first-order valence-corrected chi connectivity index (χ1v) is 9.01.